The first-order valence-electron chi connectivity index (χ1n) is 7.77. The zero-order valence-corrected chi connectivity index (χ0v) is 15.7. The number of hydrogen-bond acceptors (Lipinski definition) is 5. The van der Waals surface area contributed by atoms with E-state index >= 15 is 0 Å². The zero-order chi connectivity index (χ0) is 19.8. The van der Waals surface area contributed by atoms with Crippen LogP contribution in [0.3, 0.4) is 0 Å². The maximum Gasteiger partial charge on any atom is 0.387 e. The van der Waals surface area contributed by atoms with E-state index in [0.29, 0.717) is 10.7 Å². The molecule has 0 aliphatic heterocycles. The number of ether oxygens (including phenoxy) is 2. The molecule has 0 fully saturated rings. The monoisotopic (exact) mass is 415 g/mol. The summed E-state index contributed by atoms with van der Waals surface area (Å²) in [6.07, 6.45) is 0. The Labute approximate surface area is 164 Å². The Morgan fingerprint density at radius 1 is 1.11 bits per heavy atom. The molecule has 0 radical (unpaired) electrons. The Kier molecular flexibility index (Phi) is 7.87. The Balaban J connectivity index is 1.76. The van der Waals surface area contributed by atoms with Crippen LogP contribution in [0.1, 0.15) is 6.92 Å². The molecule has 0 heterocycles. The number of hydrogen-bond donors (Lipinski definition) is 1. The number of benzene rings is 2. The van der Waals surface area contributed by atoms with Crippen LogP contribution in [0.4, 0.5) is 14.5 Å². The fraction of sp³-hybridized carbons (Fsp3) is 0.222. The highest BCUT2D eigenvalue weighted by molar-refractivity contribution is 8.00. The molecule has 2 aromatic carbocycles. The Morgan fingerprint density at radius 2 is 1.74 bits per heavy atom. The minimum absolute atomic E-state index is 0.0255. The van der Waals surface area contributed by atoms with Crippen LogP contribution >= 0.6 is 23.4 Å². The molecule has 144 valence electrons. The standard InChI is InChI=1S/C18H16ClF2NO4S/c1-11(27-15-8-2-12(19)3-9-15)17(24)25-10-16(23)22-13-4-6-14(7-5-13)26-18(20)21/h2-9,11,18H,10H2,1H3,(H,22,23)/t11-/m1/s1. The fourth-order valence-electron chi connectivity index (χ4n) is 1.94. The first kappa shape index (κ1) is 21.0. The van der Waals surface area contributed by atoms with Gasteiger partial charge < -0.3 is 14.8 Å². The van der Waals surface area contributed by atoms with Crippen molar-refractivity contribution in [2.75, 3.05) is 11.9 Å². The van der Waals surface area contributed by atoms with Crippen molar-refractivity contribution in [2.45, 2.75) is 23.7 Å². The van der Waals surface area contributed by atoms with Gasteiger partial charge in [-0.3, -0.25) is 9.59 Å². The highest BCUT2D eigenvalue weighted by atomic mass is 35.5. The van der Waals surface area contributed by atoms with Crippen molar-refractivity contribution >= 4 is 40.9 Å². The molecule has 0 aliphatic carbocycles. The summed E-state index contributed by atoms with van der Waals surface area (Å²) in [4.78, 5) is 24.7. The number of nitrogens with one attached hydrogen (secondary N) is 1. The molecule has 0 aromatic heterocycles. The molecule has 1 atom stereocenters. The van der Waals surface area contributed by atoms with Gasteiger partial charge in [0, 0.05) is 15.6 Å². The predicted octanol–water partition coefficient (Wildman–Crippen LogP) is 4.60. The lowest BCUT2D eigenvalue weighted by Crippen LogP contribution is -2.24. The minimum Gasteiger partial charge on any atom is -0.455 e. The van der Waals surface area contributed by atoms with Gasteiger partial charge in [-0.1, -0.05) is 11.6 Å². The van der Waals surface area contributed by atoms with Gasteiger partial charge in [-0.15, -0.1) is 11.8 Å². The van der Waals surface area contributed by atoms with Crippen molar-refractivity contribution in [3.8, 4) is 5.75 Å². The second kappa shape index (κ2) is 10.1. The minimum atomic E-state index is -2.92. The van der Waals surface area contributed by atoms with E-state index < -0.39 is 30.3 Å². The van der Waals surface area contributed by atoms with Crippen molar-refractivity contribution in [3.63, 3.8) is 0 Å². The molecule has 2 rings (SSSR count). The largest absolute Gasteiger partial charge is 0.455 e. The van der Waals surface area contributed by atoms with Crippen LogP contribution in [0.25, 0.3) is 0 Å². The first-order valence-corrected chi connectivity index (χ1v) is 9.03. The Hall–Kier alpha value is -2.32. The van der Waals surface area contributed by atoms with Gasteiger partial charge >= 0.3 is 12.6 Å². The van der Waals surface area contributed by atoms with Crippen LogP contribution in [-0.4, -0.2) is 30.3 Å². The summed E-state index contributed by atoms with van der Waals surface area (Å²) >= 11 is 7.09. The third kappa shape index (κ3) is 7.44. The molecule has 0 aliphatic rings. The summed E-state index contributed by atoms with van der Waals surface area (Å²) in [6, 6.07) is 12.4. The summed E-state index contributed by atoms with van der Waals surface area (Å²) in [6.45, 7) is -1.71. The van der Waals surface area contributed by atoms with Crippen LogP contribution in [-0.2, 0) is 14.3 Å². The average Bonchev–Trinajstić information content (AvgIpc) is 2.62. The van der Waals surface area contributed by atoms with E-state index in [4.69, 9.17) is 16.3 Å². The quantitative estimate of drug-likeness (QED) is 0.504. The van der Waals surface area contributed by atoms with Crippen molar-refractivity contribution in [1.82, 2.24) is 0 Å². The van der Waals surface area contributed by atoms with Crippen LogP contribution < -0.4 is 10.1 Å². The molecular weight excluding hydrogens is 400 g/mol. The zero-order valence-electron chi connectivity index (χ0n) is 14.2. The fourth-order valence-corrected chi connectivity index (χ4v) is 2.93. The highest BCUT2D eigenvalue weighted by Gasteiger charge is 2.17. The van der Waals surface area contributed by atoms with Crippen molar-refractivity contribution in [3.05, 3.63) is 53.6 Å². The lowest BCUT2D eigenvalue weighted by Gasteiger charge is -2.12. The number of anilines is 1. The number of carbonyl (C=O) groups excluding carboxylic acids is 2. The average molecular weight is 416 g/mol. The highest BCUT2D eigenvalue weighted by Crippen LogP contribution is 2.25. The molecule has 27 heavy (non-hydrogen) atoms. The van der Waals surface area contributed by atoms with E-state index in [1.54, 1.807) is 31.2 Å². The Morgan fingerprint density at radius 3 is 2.33 bits per heavy atom. The predicted molar refractivity (Wildman–Crippen MR) is 99.4 cm³/mol. The van der Waals surface area contributed by atoms with Gasteiger partial charge in [0.2, 0.25) is 0 Å². The van der Waals surface area contributed by atoms with Crippen LogP contribution in [0, 0.1) is 0 Å². The molecule has 0 saturated carbocycles. The second-order valence-electron chi connectivity index (χ2n) is 5.27. The maximum absolute atomic E-state index is 12.1. The maximum atomic E-state index is 12.1. The summed E-state index contributed by atoms with van der Waals surface area (Å²) in [5.74, 6) is -1.11. The Bertz CT molecular complexity index is 772. The summed E-state index contributed by atoms with van der Waals surface area (Å²) in [5.41, 5.74) is 0.362. The van der Waals surface area contributed by atoms with Gasteiger partial charge in [-0.2, -0.15) is 8.78 Å². The third-order valence-corrected chi connectivity index (χ3v) is 4.51. The number of alkyl halides is 2. The van der Waals surface area contributed by atoms with Crippen LogP contribution in [0.5, 0.6) is 5.75 Å². The van der Waals surface area contributed by atoms with Crippen molar-refractivity contribution in [1.29, 1.82) is 0 Å². The topological polar surface area (TPSA) is 64.6 Å². The molecule has 0 unspecified atom stereocenters. The van der Waals surface area contributed by atoms with Gasteiger partial charge in [0.05, 0.1) is 0 Å². The van der Waals surface area contributed by atoms with E-state index in [1.165, 1.54) is 36.0 Å². The van der Waals surface area contributed by atoms with Crippen molar-refractivity contribution < 1.29 is 27.8 Å². The van der Waals surface area contributed by atoms with E-state index in [2.05, 4.69) is 10.1 Å². The van der Waals surface area contributed by atoms with Crippen LogP contribution in [0.2, 0.25) is 5.02 Å². The molecule has 0 spiro atoms. The lowest BCUT2D eigenvalue weighted by atomic mass is 10.3. The van der Waals surface area contributed by atoms with E-state index in [9.17, 15) is 18.4 Å². The van der Waals surface area contributed by atoms with E-state index in [0.717, 1.165) is 4.90 Å². The molecule has 2 aromatic rings. The lowest BCUT2D eigenvalue weighted by molar-refractivity contribution is -0.146. The summed E-state index contributed by atoms with van der Waals surface area (Å²) in [5, 5.41) is 2.58. The van der Waals surface area contributed by atoms with Gasteiger partial charge in [-0.25, -0.2) is 0 Å². The van der Waals surface area contributed by atoms with Gasteiger partial charge in [0.15, 0.2) is 6.61 Å². The molecule has 5 nitrogen and oxygen atoms in total. The summed E-state index contributed by atoms with van der Waals surface area (Å²) in [7, 11) is 0. The number of thioether (sulfide) groups is 1. The normalized spacial score (nSPS) is 11.7. The molecule has 1 amide bonds. The molecule has 1 N–H and O–H groups in total. The number of esters is 1. The van der Waals surface area contributed by atoms with Gasteiger partial charge in [0.1, 0.15) is 11.0 Å². The van der Waals surface area contributed by atoms with Crippen molar-refractivity contribution in [2.24, 2.45) is 0 Å². The number of carbonyl (C=O) groups is 2. The van der Waals surface area contributed by atoms with Gasteiger partial charge in [0.25, 0.3) is 5.91 Å². The molecule has 9 heteroatoms. The summed E-state index contributed by atoms with van der Waals surface area (Å²) < 4.78 is 33.4. The number of amides is 1. The van der Waals surface area contributed by atoms with E-state index in [1.807, 2.05) is 0 Å². The number of halogens is 3. The first-order chi connectivity index (χ1) is 12.8. The molecule has 0 bridgehead atoms. The number of rotatable bonds is 8. The van der Waals surface area contributed by atoms with Crippen LogP contribution in [0.15, 0.2) is 53.4 Å². The smallest absolute Gasteiger partial charge is 0.387 e. The second-order valence-corrected chi connectivity index (χ2v) is 7.12. The van der Waals surface area contributed by atoms with Gasteiger partial charge in [-0.05, 0) is 55.5 Å². The molecule has 0 saturated heterocycles. The van der Waals surface area contributed by atoms with E-state index in [-0.39, 0.29) is 5.75 Å². The molecular formula is C18H16ClF2NO4S. The SMILES string of the molecule is C[C@@H](Sc1ccc(Cl)cc1)C(=O)OCC(=O)Nc1ccc(OC(F)F)cc1. The third-order valence-electron chi connectivity index (χ3n) is 3.17.